The molecule has 0 aliphatic rings. The van der Waals surface area contributed by atoms with Crippen LogP contribution in [0.1, 0.15) is 5.56 Å². The minimum absolute atomic E-state index is 0.105. The molecule has 1 aromatic carbocycles. The largest absolute Gasteiger partial charge is 0.488 e. The Morgan fingerprint density at radius 2 is 2.28 bits per heavy atom. The van der Waals surface area contributed by atoms with Crippen LogP contribution in [0.4, 0.5) is 0 Å². The van der Waals surface area contributed by atoms with Crippen molar-refractivity contribution >= 4 is 55.4 Å². The lowest BCUT2D eigenvalue weighted by atomic mass is 10.2. The Hall–Kier alpha value is -0.920. The molecule has 0 radical (unpaired) electrons. The average Bonchev–Trinajstić information content (AvgIpc) is 2.27. The van der Waals surface area contributed by atoms with Crippen molar-refractivity contribution in [2.75, 3.05) is 6.61 Å². The highest BCUT2D eigenvalue weighted by Gasteiger charge is 2.08. The normalized spacial score (nSPS) is 10.3. The molecule has 1 rings (SSSR count). The Bertz CT molecular complexity index is 491. The highest BCUT2D eigenvalue weighted by molar-refractivity contribution is 9.11. The van der Waals surface area contributed by atoms with Crippen LogP contribution in [-0.2, 0) is 0 Å². The second-order valence-electron chi connectivity index (χ2n) is 3.14. The molecule has 0 spiro atoms. The molecule has 0 amide bonds. The lowest BCUT2D eigenvalue weighted by Gasteiger charge is -2.10. The molecule has 0 unspecified atom stereocenters. The number of nitrogens with two attached hydrogens (primary N) is 1. The predicted octanol–water partition coefficient (Wildman–Crippen LogP) is 2.94. The maximum Gasteiger partial charge on any atom is 0.184 e. The van der Waals surface area contributed by atoms with Gasteiger partial charge in [-0.3, -0.25) is 5.43 Å². The van der Waals surface area contributed by atoms with Gasteiger partial charge in [-0.1, -0.05) is 28.6 Å². The third-order valence-electron chi connectivity index (χ3n) is 1.76. The molecular formula is C11H11Br2N3OS. The molecular weight excluding hydrogens is 382 g/mol. The van der Waals surface area contributed by atoms with E-state index in [1.165, 1.54) is 0 Å². The van der Waals surface area contributed by atoms with Crippen LogP contribution in [0, 0.1) is 0 Å². The van der Waals surface area contributed by atoms with Crippen LogP contribution in [0.5, 0.6) is 5.75 Å². The van der Waals surface area contributed by atoms with Gasteiger partial charge in [-0.2, -0.15) is 5.10 Å². The highest BCUT2D eigenvalue weighted by atomic mass is 79.9. The summed E-state index contributed by atoms with van der Waals surface area (Å²) in [6, 6.07) is 3.75. The first-order valence-electron chi connectivity index (χ1n) is 4.86. The molecule has 1 aromatic rings. The number of benzene rings is 1. The fraction of sp³-hybridized carbons (Fsp3) is 0.0909. The lowest BCUT2D eigenvalue weighted by Crippen LogP contribution is -2.24. The monoisotopic (exact) mass is 391 g/mol. The number of hydrogen-bond donors (Lipinski definition) is 2. The van der Waals surface area contributed by atoms with E-state index in [0.29, 0.717) is 12.4 Å². The fourth-order valence-electron chi connectivity index (χ4n) is 1.14. The van der Waals surface area contributed by atoms with Crippen molar-refractivity contribution in [3.05, 3.63) is 39.3 Å². The van der Waals surface area contributed by atoms with E-state index in [-0.39, 0.29) is 5.11 Å². The van der Waals surface area contributed by atoms with Crippen LogP contribution in [-0.4, -0.2) is 17.9 Å². The molecule has 0 aromatic heterocycles. The third-order valence-corrected chi connectivity index (χ3v) is 2.90. The number of rotatable bonds is 5. The van der Waals surface area contributed by atoms with Gasteiger partial charge < -0.3 is 10.5 Å². The summed E-state index contributed by atoms with van der Waals surface area (Å²) >= 11 is 11.5. The number of nitrogens with zero attached hydrogens (tertiary/aromatic N) is 1. The second-order valence-corrected chi connectivity index (χ2v) is 5.35. The van der Waals surface area contributed by atoms with Crippen LogP contribution in [0.3, 0.4) is 0 Å². The van der Waals surface area contributed by atoms with Gasteiger partial charge in [0.15, 0.2) is 5.11 Å². The van der Waals surface area contributed by atoms with Crippen molar-refractivity contribution in [3.63, 3.8) is 0 Å². The predicted molar refractivity (Wildman–Crippen MR) is 85.0 cm³/mol. The molecule has 0 saturated heterocycles. The van der Waals surface area contributed by atoms with Gasteiger partial charge in [0.25, 0.3) is 0 Å². The van der Waals surface area contributed by atoms with Gasteiger partial charge in [-0.15, -0.1) is 0 Å². The standard InChI is InChI=1S/C11H11Br2N3OS/c1-2-3-17-10-7(6-15-16-11(14)18)4-8(12)5-9(10)13/h2,4-6H,1,3H2,(H3,14,16,18). The van der Waals surface area contributed by atoms with E-state index in [9.17, 15) is 0 Å². The number of hydrogen-bond acceptors (Lipinski definition) is 3. The molecule has 0 aliphatic carbocycles. The Morgan fingerprint density at radius 3 is 2.89 bits per heavy atom. The molecule has 18 heavy (non-hydrogen) atoms. The van der Waals surface area contributed by atoms with E-state index in [4.69, 9.17) is 10.5 Å². The summed E-state index contributed by atoms with van der Waals surface area (Å²) < 4.78 is 7.28. The molecule has 3 N–H and O–H groups in total. The molecule has 96 valence electrons. The Morgan fingerprint density at radius 1 is 1.56 bits per heavy atom. The smallest absolute Gasteiger partial charge is 0.184 e. The zero-order chi connectivity index (χ0) is 13.5. The quantitative estimate of drug-likeness (QED) is 0.350. The van der Waals surface area contributed by atoms with Gasteiger partial charge in [0, 0.05) is 10.0 Å². The number of thiocarbonyl (C=S) groups is 1. The maximum atomic E-state index is 5.56. The van der Waals surface area contributed by atoms with E-state index in [1.54, 1.807) is 12.3 Å². The zero-order valence-electron chi connectivity index (χ0n) is 9.32. The molecule has 0 bridgehead atoms. The summed E-state index contributed by atoms with van der Waals surface area (Å²) in [6.45, 7) is 4.02. The van der Waals surface area contributed by atoms with E-state index in [0.717, 1.165) is 14.5 Å². The van der Waals surface area contributed by atoms with Gasteiger partial charge in [-0.05, 0) is 40.3 Å². The van der Waals surface area contributed by atoms with E-state index in [1.807, 2.05) is 12.1 Å². The Labute approximate surface area is 128 Å². The molecule has 0 aliphatic heterocycles. The van der Waals surface area contributed by atoms with Crippen molar-refractivity contribution in [2.24, 2.45) is 10.8 Å². The first kappa shape index (κ1) is 15.1. The minimum Gasteiger partial charge on any atom is -0.488 e. The zero-order valence-corrected chi connectivity index (χ0v) is 13.3. The number of halogens is 2. The van der Waals surface area contributed by atoms with Crippen LogP contribution in [0.25, 0.3) is 0 Å². The van der Waals surface area contributed by atoms with Crippen molar-refractivity contribution < 1.29 is 4.74 Å². The fourth-order valence-corrected chi connectivity index (χ4v) is 2.56. The highest BCUT2D eigenvalue weighted by Crippen LogP contribution is 2.32. The van der Waals surface area contributed by atoms with E-state index in [2.05, 4.69) is 61.2 Å². The summed E-state index contributed by atoms with van der Waals surface area (Å²) in [5.41, 5.74) is 8.55. The molecule has 0 fully saturated rings. The van der Waals surface area contributed by atoms with E-state index >= 15 is 0 Å². The number of ether oxygens (including phenoxy) is 1. The summed E-state index contributed by atoms with van der Waals surface area (Å²) in [6.07, 6.45) is 3.25. The molecule has 0 atom stereocenters. The van der Waals surface area contributed by atoms with Crippen molar-refractivity contribution in [2.45, 2.75) is 0 Å². The Balaban J connectivity index is 3.02. The first-order chi connectivity index (χ1) is 8.54. The summed E-state index contributed by atoms with van der Waals surface area (Å²) in [7, 11) is 0. The topological polar surface area (TPSA) is 59.6 Å². The van der Waals surface area contributed by atoms with Crippen LogP contribution >= 0.6 is 44.1 Å². The number of nitrogens with one attached hydrogen (secondary N) is 1. The second kappa shape index (κ2) is 7.50. The van der Waals surface area contributed by atoms with Crippen molar-refractivity contribution in [1.82, 2.24) is 5.43 Å². The van der Waals surface area contributed by atoms with Crippen molar-refractivity contribution in [1.29, 1.82) is 0 Å². The third kappa shape index (κ3) is 4.75. The molecule has 7 heteroatoms. The summed E-state index contributed by atoms with van der Waals surface area (Å²) in [4.78, 5) is 0. The SMILES string of the molecule is C=CCOc1c(Br)cc(Br)cc1C=NNC(N)=S. The summed E-state index contributed by atoms with van der Waals surface area (Å²) in [5, 5.41) is 4.01. The summed E-state index contributed by atoms with van der Waals surface area (Å²) in [5.74, 6) is 0.673. The lowest BCUT2D eigenvalue weighted by molar-refractivity contribution is 0.360. The van der Waals surface area contributed by atoms with E-state index < -0.39 is 0 Å². The first-order valence-corrected chi connectivity index (χ1v) is 6.85. The average molecular weight is 393 g/mol. The van der Waals surface area contributed by atoms with Crippen LogP contribution in [0.15, 0.2) is 38.8 Å². The number of hydrazone groups is 1. The maximum absolute atomic E-state index is 5.56. The van der Waals surface area contributed by atoms with Crippen LogP contribution in [0.2, 0.25) is 0 Å². The molecule has 4 nitrogen and oxygen atoms in total. The van der Waals surface area contributed by atoms with Crippen LogP contribution < -0.4 is 15.9 Å². The minimum atomic E-state index is 0.105. The van der Waals surface area contributed by atoms with Gasteiger partial charge in [0.2, 0.25) is 0 Å². The Kier molecular flexibility index (Phi) is 6.31. The molecule has 0 saturated carbocycles. The van der Waals surface area contributed by atoms with Gasteiger partial charge in [-0.25, -0.2) is 0 Å². The van der Waals surface area contributed by atoms with Gasteiger partial charge in [0.05, 0.1) is 10.7 Å². The van der Waals surface area contributed by atoms with Gasteiger partial charge >= 0.3 is 0 Å². The van der Waals surface area contributed by atoms with Crippen molar-refractivity contribution in [3.8, 4) is 5.75 Å². The van der Waals surface area contributed by atoms with Gasteiger partial charge in [0.1, 0.15) is 12.4 Å². The molecule has 0 heterocycles.